The molecule has 0 atom stereocenters. The number of aromatic nitrogens is 2. The van der Waals surface area contributed by atoms with Gasteiger partial charge in [-0.25, -0.2) is 9.97 Å². The first-order valence-electron chi connectivity index (χ1n) is 2.54. The molecule has 0 bridgehead atoms. The lowest BCUT2D eigenvalue weighted by atomic mass is 9.91. The number of hydrogen-bond acceptors (Lipinski definition) is 4. The molecule has 1 heterocycles. The largest absolute Gasteiger partial charge is 0.528 e. The van der Waals surface area contributed by atoms with Crippen molar-refractivity contribution >= 4 is 24.4 Å². The SMILES string of the molecule is OB(O)c1ncc(Cl)cn1. The smallest absolute Gasteiger partial charge is 0.421 e. The maximum Gasteiger partial charge on any atom is 0.528 e. The average molecular weight is 158 g/mol. The Hall–Kier alpha value is -0.645. The van der Waals surface area contributed by atoms with Gasteiger partial charge in [-0.05, 0) is 0 Å². The minimum absolute atomic E-state index is 0.0515. The highest BCUT2D eigenvalue weighted by Gasteiger charge is 2.13. The topological polar surface area (TPSA) is 66.2 Å². The summed E-state index contributed by atoms with van der Waals surface area (Å²) in [6.45, 7) is 0. The fourth-order valence-electron chi connectivity index (χ4n) is 0.456. The molecular formula is C4H4BClN2O2. The van der Waals surface area contributed by atoms with Gasteiger partial charge >= 0.3 is 7.12 Å². The van der Waals surface area contributed by atoms with Crippen LogP contribution in [0.4, 0.5) is 0 Å². The Morgan fingerprint density at radius 2 is 1.80 bits per heavy atom. The Morgan fingerprint density at radius 3 is 2.20 bits per heavy atom. The molecule has 4 nitrogen and oxygen atoms in total. The Morgan fingerprint density at radius 1 is 1.30 bits per heavy atom. The van der Waals surface area contributed by atoms with Gasteiger partial charge in [-0.15, -0.1) is 0 Å². The second-order valence-electron chi connectivity index (χ2n) is 1.63. The van der Waals surface area contributed by atoms with Crippen molar-refractivity contribution < 1.29 is 10.0 Å². The molecule has 10 heavy (non-hydrogen) atoms. The maximum atomic E-state index is 8.50. The van der Waals surface area contributed by atoms with Crippen LogP contribution in [0.3, 0.4) is 0 Å². The van der Waals surface area contributed by atoms with E-state index in [4.69, 9.17) is 21.6 Å². The summed E-state index contributed by atoms with van der Waals surface area (Å²) in [6.07, 6.45) is 2.59. The van der Waals surface area contributed by atoms with E-state index >= 15 is 0 Å². The van der Waals surface area contributed by atoms with Gasteiger partial charge in [0.05, 0.1) is 5.02 Å². The van der Waals surface area contributed by atoms with Crippen LogP contribution in [0.5, 0.6) is 0 Å². The van der Waals surface area contributed by atoms with Crippen molar-refractivity contribution in [2.75, 3.05) is 0 Å². The molecule has 0 radical (unpaired) electrons. The highest BCUT2D eigenvalue weighted by atomic mass is 35.5. The van der Waals surface area contributed by atoms with Crippen LogP contribution in [-0.2, 0) is 0 Å². The van der Waals surface area contributed by atoms with Crippen molar-refractivity contribution in [3.05, 3.63) is 17.4 Å². The number of hydrogen-bond donors (Lipinski definition) is 2. The molecule has 0 aromatic carbocycles. The van der Waals surface area contributed by atoms with Crippen molar-refractivity contribution in [3.8, 4) is 0 Å². The molecule has 1 rings (SSSR count). The second kappa shape index (κ2) is 2.96. The molecule has 2 N–H and O–H groups in total. The van der Waals surface area contributed by atoms with Gasteiger partial charge in [-0.3, -0.25) is 0 Å². The highest BCUT2D eigenvalue weighted by molar-refractivity contribution is 6.56. The second-order valence-corrected chi connectivity index (χ2v) is 2.07. The molecular weight excluding hydrogens is 154 g/mol. The van der Waals surface area contributed by atoms with Gasteiger partial charge in [-0.1, -0.05) is 11.6 Å². The van der Waals surface area contributed by atoms with E-state index in [-0.39, 0.29) is 5.72 Å². The van der Waals surface area contributed by atoms with E-state index in [9.17, 15) is 0 Å². The normalized spacial score (nSPS) is 9.50. The summed E-state index contributed by atoms with van der Waals surface area (Å²) < 4.78 is 0. The van der Waals surface area contributed by atoms with Crippen molar-refractivity contribution in [3.63, 3.8) is 0 Å². The van der Waals surface area contributed by atoms with Crippen molar-refractivity contribution in [2.24, 2.45) is 0 Å². The highest BCUT2D eigenvalue weighted by Crippen LogP contribution is 1.98. The fourth-order valence-corrected chi connectivity index (χ4v) is 0.553. The molecule has 1 aromatic heterocycles. The molecule has 0 fully saturated rings. The summed E-state index contributed by atoms with van der Waals surface area (Å²) in [5.41, 5.74) is -0.0515. The summed E-state index contributed by atoms with van der Waals surface area (Å²) in [7, 11) is -1.63. The van der Waals surface area contributed by atoms with Gasteiger partial charge in [0.1, 0.15) is 0 Å². The van der Waals surface area contributed by atoms with Crippen LogP contribution >= 0.6 is 11.6 Å². The lowest BCUT2D eigenvalue weighted by Crippen LogP contribution is -2.35. The number of halogens is 1. The Labute approximate surface area is 62.7 Å². The predicted molar refractivity (Wildman–Crippen MR) is 36.9 cm³/mol. The third-order valence-corrected chi connectivity index (χ3v) is 1.07. The summed E-state index contributed by atoms with van der Waals surface area (Å²) in [5, 5.41) is 17.4. The van der Waals surface area contributed by atoms with Gasteiger partial charge < -0.3 is 10.0 Å². The average Bonchev–Trinajstić information content (AvgIpc) is 1.88. The predicted octanol–water partition coefficient (Wildman–Crippen LogP) is -1.19. The van der Waals surface area contributed by atoms with E-state index < -0.39 is 7.12 Å². The minimum Gasteiger partial charge on any atom is -0.421 e. The zero-order valence-corrected chi connectivity index (χ0v) is 5.65. The molecule has 0 aliphatic carbocycles. The van der Waals surface area contributed by atoms with Crippen LogP contribution in [0.25, 0.3) is 0 Å². The third-order valence-electron chi connectivity index (χ3n) is 0.871. The first-order chi connectivity index (χ1) is 4.70. The summed E-state index contributed by atoms with van der Waals surface area (Å²) in [4.78, 5) is 7.07. The molecule has 0 saturated carbocycles. The van der Waals surface area contributed by atoms with Crippen LogP contribution < -0.4 is 5.72 Å². The van der Waals surface area contributed by atoms with E-state index in [0.717, 1.165) is 0 Å². The monoisotopic (exact) mass is 158 g/mol. The van der Waals surface area contributed by atoms with Gasteiger partial charge in [0.15, 0.2) is 5.72 Å². The zero-order chi connectivity index (χ0) is 7.56. The third kappa shape index (κ3) is 1.67. The summed E-state index contributed by atoms with van der Waals surface area (Å²) in [5.74, 6) is 0. The van der Waals surface area contributed by atoms with Crippen molar-refractivity contribution in [2.45, 2.75) is 0 Å². The Kier molecular flexibility index (Phi) is 2.21. The molecule has 0 saturated heterocycles. The van der Waals surface area contributed by atoms with Crippen LogP contribution in [0.2, 0.25) is 5.02 Å². The van der Waals surface area contributed by atoms with E-state index in [2.05, 4.69) is 9.97 Å². The van der Waals surface area contributed by atoms with Crippen LogP contribution in [0.1, 0.15) is 0 Å². The van der Waals surface area contributed by atoms with E-state index in [1.807, 2.05) is 0 Å². The minimum atomic E-state index is -1.63. The molecule has 1 aromatic rings. The standard InChI is InChI=1S/C4H4BClN2O2/c6-3-1-7-4(5(9)10)8-2-3/h1-2,9-10H. The van der Waals surface area contributed by atoms with Crippen LogP contribution in [-0.4, -0.2) is 27.1 Å². The van der Waals surface area contributed by atoms with E-state index in [1.54, 1.807) is 0 Å². The van der Waals surface area contributed by atoms with E-state index in [0.29, 0.717) is 5.02 Å². The first kappa shape index (κ1) is 7.46. The number of nitrogens with zero attached hydrogens (tertiary/aromatic N) is 2. The molecule has 6 heteroatoms. The van der Waals surface area contributed by atoms with Gasteiger partial charge in [-0.2, -0.15) is 0 Å². The summed E-state index contributed by atoms with van der Waals surface area (Å²) in [6, 6.07) is 0. The zero-order valence-electron chi connectivity index (χ0n) is 4.90. The van der Waals surface area contributed by atoms with Crippen molar-refractivity contribution in [1.29, 1.82) is 0 Å². The molecule has 0 amide bonds. The lowest BCUT2D eigenvalue weighted by Gasteiger charge is -1.94. The van der Waals surface area contributed by atoms with Crippen LogP contribution in [0, 0.1) is 0 Å². The molecule has 0 aliphatic heterocycles. The molecule has 0 spiro atoms. The first-order valence-corrected chi connectivity index (χ1v) is 2.91. The Balaban J connectivity index is 2.89. The molecule has 0 unspecified atom stereocenters. The van der Waals surface area contributed by atoms with Crippen molar-refractivity contribution in [1.82, 2.24) is 9.97 Å². The van der Waals surface area contributed by atoms with Gasteiger partial charge in [0, 0.05) is 12.4 Å². The van der Waals surface area contributed by atoms with Gasteiger partial charge in [0.2, 0.25) is 0 Å². The molecule has 0 aliphatic rings. The Bertz CT molecular complexity index is 215. The summed E-state index contributed by atoms with van der Waals surface area (Å²) >= 11 is 5.43. The number of rotatable bonds is 1. The van der Waals surface area contributed by atoms with Gasteiger partial charge in [0.25, 0.3) is 0 Å². The lowest BCUT2D eigenvalue weighted by molar-refractivity contribution is 0.422. The quantitative estimate of drug-likeness (QED) is 0.504. The molecule has 52 valence electrons. The maximum absolute atomic E-state index is 8.50. The fraction of sp³-hybridized carbons (Fsp3) is 0. The van der Waals surface area contributed by atoms with Crippen LogP contribution in [0.15, 0.2) is 12.4 Å². The van der Waals surface area contributed by atoms with E-state index in [1.165, 1.54) is 12.4 Å².